The highest BCUT2D eigenvalue weighted by Gasteiger charge is 2.26. The Hall–Kier alpha value is -9.78. The number of fused-ring (bicyclic) bond motifs is 7. The van der Waals surface area contributed by atoms with Crippen LogP contribution >= 0.6 is 0 Å². The molecule has 77 heavy (non-hydrogen) atoms. The Balaban J connectivity index is 0.886. The topological polar surface area (TPSA) is 49.0 Å². The lowest BCUT2D eigenvalue weighted by Gasteiger charge is -2.26. The summed E-state index contributed by atoms with van der Waals surface area (Å²) >= 11 is 0. The van der Waals surface area contributed by atoms with Crippen LogP contribution in [0.25, 0.3) is 116 Å². The number of pyridine rings is 1. The van der Waals surface area contributed by atoms with Gasteiger partial charge in [0.05, 0.1) is 40.3 Å². The molecule has 4 aromatic heterocycles. The molecular weight excluding hydrogens is 941 g/mol. The van der Waals surface area contributed by atoms with Gasteiger partial charge in [0.1, 0.15) is 28.5 Å². The second-order valence-corrected chi connectivity index (χ2v) is 20.4. The van der Waals surface area contributed by atoms with Crippen molar-refractivity contribution < 1.29 is 24.7 Å². The van der Waals surface area contributed by atoms with Gasteiger partial charge in [0.15, 0.2) is 0 Å². The Morgan fingerprint density at radius 1 is 0.545 bits per heavy atom. The van der Waals surface area contributed by atoms with E-state index in [1.807, 2.05) is 89.5 Å². The van der Waals surface area contributed by atoms with Crippen LogP contribution in [0, 0.1) is 13.2 Å². The predicted molar refractivity (Wildman–Crippen MR) is 315 cm³/mol. The first-order chi connectivity index (χ1) is 41.0. The molecule has 14 aromatic rings. The molecule has 0 aliphatic carbocycles. The van der Waals surface area contributed by atoms with E-state index in [1.165, 1.54) is 12.3 Å². The van der Waals surface area contributed by atoms with Gasteiger partial charge in [-0.2, -0.15) is 0 Å². The Morgan fingerprint density at radius 2 is 1.27 bits per heavy atom. The lowest BCUT2D eigenvalue weighted by molar-refractivity contribution is -0.572. The average molecular weight is 1000 g/mol. The molecule has 0 aliphatic rings. The van der Waals surface area contributed by atoms with Crippen molar-refractivity contribution in [3.8, 4) is 73.2 Å². The molecule has 368 valence electrons. The molecule has 0 radical (unpaired) electrons. The number of imidazole rings is 1. The van der Waals surface area contributed by atoms with Crippen molar-refractivity contribution in [2.24, 2.45) is 0 Å². The number of hydrogen-bond acceptors (Lipinski definition) is 3. The molecule has 6 nitrogen and oxygen atoms in total. The maximum Gasteiger partial charge on any atom is 0.269 e. The SMILES string of the molecule is [2H]c1c([2H])c([2H])c(-c2cnc(-n3c4ccccc4c4ccc(Oc5cccc(-n6[c-][n+](-c7c(-c8cc(-c9ccccc9)c9oc%10ccc(-c%11ccccc%11)cc%10c9c8)cccc7C(C)(C)C)c7ccccc76)c5)cc43)cc2C([2H])([2H])[2H])c([2H])c1[2H]. The van der Waals surface area contributed by atoms with Crippen molar-refractivity contribution in [3.63, 3.8) is 0 Å². The summed E-state index contributed by atoms with van der Waals surface area (Å²) in [7, 11) is 0. The van der Waals surface area contributed by atoms with Crippen LogP contribution in [0.2, 0.25) is 0 Å². The third-order valence-electron chi connectivity index (χ3n) is 14.5. The fourth-order valence-electron chi connectivity index (χ4n) is 10.9. The van der Waals surface area contributed by atoms with Crippen LogP contribution in [-0.2, 0) is 5.41 Å². The smallest absolute Gasteiger partial charge is 0.269 e. The largest absolute Gasteiger partial charge is 0.458 e. The molecule has 0 unspecified atom stereocenters. The standard InChI is InChI=1S/C71H52N4O2/c1-46-38-68(72-44-61(46)49-24-12-7-13-25-49)75-63-31-15-14-28-56(63)57-36-35-54(43-66(57)75)76-53-27-18-26-52(42-53)73-45-74(65-33-17-16-32-64(65)73)69-55(29-19-30-62(69)71(2,3)4)51-40-58(48-22-10-6-11-23-48)70-60(41-51)59-39-50(34-37-67(59)77-70)47-20-8-5-9-21-47/h5-44H,1-4H3/i1D3,7D,12D,13D,24D,25D. The van der Waals surface area contributed by atoms with E-state index in [2.05, 4.69) is 151 Å². The molecule has 14 rings (SSSR count). The van der Waals surface area contributed by atoms with Gasteiger partial charge in [-0.1, -0.05) is 184 Å². The van der Waals surface area contributed by atoms with Gasteiger partial charge < -0.3 is 9.15 Å². The number of aromatic nitrogens is 4. The molecule has 0 bridgehead atoms. The highest BCUT2D eigenvalue weighted by Crippen LogP contribution is 2.44. The number of aryl methyl sites for hydroxylation is 1. The number of hydrogen-bond donors (Lipinski definition) is 0. The van der Waals surface area contributed by atoms with E-state index in [0.29, 0.717) is 17.0 Å². The van der Waals surface area contributed by atoms with Crippen LogP contribution in [0.4, 0.5) is 0 Å². The van der Waals surface area contributed by atoms with Gasteiger partial charge in [-0.15, -0.1) is 0 Å². The Morgan fingerprint density at radius 3 is 2.09 bits per heavy atom. The minimum atomic E-state index is -2.75. The first kappa shape index (κ1) is 37.9. The first-order valence-corrected chi connectivity index (χ1v) is 25.6. The highest BCUT2D eigenvalue weighted by atomic mass is 16.5. The molecule has 6 heteroatoms. The van der Waals surface area contributed by atoms with E-state index in [9.17, 15) is 0 Å². The maximum absolute atomic E-state index is 8.68. The molecule has 0 aliphatic heterocycles. The zero-order chi connectivity index (χ0) is 58.6. The fraction of sp³-hybridized carbons (Fsp3) is 0.0704. The van der Waals surface area contributed by atoms with Crippen LogP contribution in [-0.4, -0.2) is 14.1 Å². The number of rotatable bonds is 9. The van der Waals surface area contributed by atoms with Crippen molar-refractivity contribution in [1.82, 2.24) is 14.1 Å². The third-order valence-corrected chi connectivity index (χ3v) is 14.5. The molecule has 0 N–H and O–H groups in total. The van der Waals surface area contributed by atoms with Gasteiger partial charge in [-0.25, -0.2) is 4.98 Å². The summed E-state index contributed by atoms with van der Waals surface area (Å²) in [4.78, 5) is 4.76. The van der Waals surface area contributed by atoms with Crippen LogP contribution in [0.5, 0.6) is 11.5 Å². The minimum Gasteiger partial charge on any atom is -0.458 e. The van der Waals surface area contributed by atoms with Gasteiger partial charge in [0.25, 0.3) is 6.33 Å². The second-order valence-electron chi connectivity index (χ2n) is 20.4. The summed E-state index contributed by atoms with van der Waals surface area (Å²) in [6, 6.07) is 66.8. The van der Waals surface area contributed by atoms with Crippen LogP contribution in [0.15, 0.2) is 247 Å². The zero-order valence-corrected chi connectivity index (χ0v) is 42.3. The van der Waals surface area contributed by atoms with Gasteiger partial charge >= 0.3 is 0 Å². The monoisotopic (exact) mass is 1000 g/mol. The van der Waals surface area contributed by atoms with E-state index < -0.39 is 37.1 Å². The fourth-order valence-corrected chi connectivity index (χ4v) is 10.9. The number of nitrogens with zero attached hydrogens (tertiary/aromatic N) is 4. The highest BCUT2D eigenvalue weighted by molar-refractivity contribution is 6.13. The van der Waals surface area contributed by atoms with Crippen molar-refractivity contribution >= 4 is 54.8 Å². The van der Waals surface area contributed by atoms with E-state index in [1.54, 1.807) is 0 Å². The van der Waals surface area contributed by atoms with Gasteiger partial charge in [-0.05, 0) is 124 Å². The molecule has 0 spiro atoms. The Labute approximate surface area is 458 Å². The lowest BCUT2D eigenvalue weighted by atomic mass is 9.83. The summed E-state index contributed by atoms with van der Waals surface area (Å²) in [5.41, 5.74) is 13.5. The number of ether oxygens (including phenoxy) is 1. The molecule has 0 saturated carbocycles. The van der Waals surface area contributed by atoms with Crippen molar-refractivity contribution in [2.75, 3.05) is 0 Å². The molecular formula is C71H52N4O2. The molecule has 10 aromatic carbocycles. The van der Waals surface area contributed by atoms with Crippen LogP contribution < -0.4 is 9.30 Å². The van der Waals surface area contributed by atoms with Crippen LogP contribution in [0.3, 0.4) is 0 Å². The molecule has 4 heterocycles. The Bertz CT molecular complexity index is 4990. The van der Waals surface area contributed by atoms with Gasteiger partial charge in [-0.3, -0.25) is 13.7 Å². The van der Waals surface area contributed by atoms with Crippen molar-refractivity contribution in [1.29, 1.82) is 0 Å². The summed E-state index contributed by atoms with van der Waals surface area (Å²) in [6.45, 7) is 3.99. The molecule has 0 fully saturated rings. The third kappa shape index (κ3) is 7.96. The predicted octanol–water partition coefficient (Wildman–Crippen LogP) is 18.2. The zero-order valence-electron chi connectivity index (χ0n) is 50.3. The summed E-state index contributed by atoms with van der Waals surface area (Å²) in [5.74, 6) is 1.33. The normalized spacial score (nSPS) is 13.5. The lowest BCUT2D eigenvalue weighted by Crippen LogP contribution is -2.34. The quantitative estimate of drug-likeness (QED) is 0.107. The first-order valence-electron chi connectivity index (χ1n) is 29.6. The summed E-state index contributed by atoms with van der Waals surface area (Å²) < 4.78 is 87.7. The second kappa shape index (κ2) is 18.3. The number of benzene rings is 10. The van der Waals surface area contributed by atoms with Crippen molar-refractivity contribution in [3.05, 3.63) is 260 Å². The van der Waals surface area contributed by atoms with E-state index in [0.717, 1.165) is 99.6 Å². The number of furan rings is 1. The van der Waals surface area contributed by atoms with E-state index in [4.69, 9.17) is 25.1 Å². The van der Waals surface area contributed by atoms with Crippen LogP contribution in [0.1, 0.15) is 42.9 Å². The van der Waals surface area contributed by atoms with E-state index >= 15 is 0 Å². The average Bonchev–Trinajstić information content (AvgIpc) is 1.93. The Kier molecular flexibility index (Phi) is 8.98. The van der Waals surface area contributed by atoms with Gasteiger partial charge in [0.2, 0.25) is 0 Å². The van der Waals surface area contributed by atoms with Crippen molar-refractivity contribution in [2.45, 2.75) is 33.0 Å². The molecule has 0 amide bonds. The summed E-state index contributed by atoms with van der Waals surface area (Å²) in [5, 5.41) is 3.81. The van der Waals surface area contributed by atoms with E-state index in [-0.39, 0.29) is 27.9 Å². The molecule has 0 saturated heterocycles. The maximum atomic E-state index is 8.68. The van der Waals surface area contributed by atoms with Gasteiger partial charge in [0, 0.05) is 49.0 Å². The molecule has 0 atom stereocenters. The minimum absolute atomic E-state index is 0.0704. The summed E-state index contributed by atoms with van der Waals surface area (Å²) in [6.07, 6.45) is 5.13. The number of para-hydroxylation sites is 4.